The van der Waals surface area contributed by atoms with E-state index >= 15 is 0 Å². The van der Waals surface area contributed by atoms with Crippen LogP contribution in [-0.2, 0) is 23.2 Å². The molecule has 0 amide bonds. The first kappa shape index (κ1) is 13.8. The van der Waals surface area contributed by atoms with E-state index in [0.29, 0.717) is 6.54 Å². The van der Waals surface area contributed by atoms with E-state index in [1.165, 1.54) is 6.07 Å². The molecule has 0 aliphatic carbocycles. The molecule has 8 heteroatoms. The molecule has 0 aliphatic rings. The highest BCUT2D eigenvalue weighted by Crippen LogP contribution is 2.19. The quantitative estimate of drug-likeness (QED) is 0.793. The van der Waals surface area contributed by atoms with Crippen LogP contribution in [0.3, 0.4) is 0 Å². The Kier molecular flexibility index (Phi) is 4.03. The highest BCUT2D eigenvalue weighted by molar-refractivity contribution is 7.89. The average molecular weight is 285 g/mol. The van der Waals surface area contributed by atoms with E-state index < -0.39 is 10.0 Å². The summed E-state index contributed by atoms with van der Waals surface area (Å²) in [5, 5.41) is 12.9. The fourth-order valence-electron chi connectivity index (χ4n) is 1.67. The number of nitrogens with zero attached hydrogens (tertiary/aromatic N) is 2. The molecule has 2 heterocycles. The number of aromatic nitrogens is 2. The zero-order chi connectivity index (χ0) is 13.9. The van der Waals surface area contributed by atoms with Crippen LogP contribution in [0.4, 0.5) is 0 Å². The van der Waals surface area contributed by atoms with Crippen molar-refractivity contribution in [2.45, 2.75) is 25.0 Å². The van der Waals surface area contributed by atoms with Crippen LogP contribution in [0.25, 0.3) is 0 Å². The molecule has 0 aromatic carbocycles. The third-order valence-electron chi connectivity index (χ3n) is 2.56. The second-order valence-corrected chi connectivity index (χ2v) is 5.69. The molecule has 2 aromatic heterocycles. The molecule has 7 nitrogen and oxygen atoms in total. The maximum absolute atomic E-state index is 12.0. The number of furan rings is 1. The Morgan fingerprint density at radius 3 is 2.89 bits per heavy atom. The van der Waals surface area contributed by atoms with Crippen molar-refractivity contribution in [3.8, 4) is 0 Å². The predicted molar refractivity (Wildman–Crippen MR) is 66.8 cm³/mol. The molecule has 0 saturated carbocycles. The summed E-state index contributed by atoms with van der Waals surface area (Å²) in [6, 6.07) is 3.09. The van der Waals surface area contributed by atoms with Crippen molar-refractivity contribution >= 4 is 10.0 Å². The number of hydrogen-bond donors (Lipinski definition) is 2. The number of nitrogens with one attached hydrogen (secondary N) is 1. The summed E-state index contributed by atoms with van der Waals surface area (Å²) in [7, 11) is -3.63. The van der Waals surface area contributed by atoms with Gasteiger partial charge in [-0.1, -0.05) is 0 Å². The molecule has 0 spiro atoms. The van der Waals surface area contributed by atoms with Gasteiger partial charge >= 0.3 is 0 Å². The van der Waals surface area contributed by atoms with Gasteiger partial charge in [-0.25, -0.2) is 13.1 Å². The van der Waals surface area contributed by atoms with Gasteiger partial charge in [-0.15, -0.1) is 0 Å². The molecule has 2 N–H and O–H groups in total. The first-order chi connectivity index (χ1) is 9.03. The van der Waals surface area contributed by atoms with Crippen LogP contribution in [0.15, 0.2) is 33.8 Å². The molecular formula is C11H15N3O4S. The Bertz CT molecular complexity index is 631. The normalized spacial score (nSPS) is 11.9. The van der Waals surface area contributed by atoms with E-state index in [2.05, 4.69) is 9.82 Å². The first-order valence-electron chi connectivity index (χ1n) is 5.70. The van der Waals surface area contributed by atoms with Gasteiger partial charge in [0, 0.05) is 25.0 Å². The Morgan fingerprint density at radius 1 is 1.53 bits per heavy atom. The molecule has 0 unspecified atom stereocenters. The molecule has 0 fully saturated rings. The molecule has 0 bridgehead atoms. The highest BCUT2D eigenvalue weighted by atomic mass is 32.2. The smallest absolute Gasteiger partial charge is 0.244 e. The second kappa shape index (κ2) is 5.55. The second-order valence-electron chi connectivity index (χ2n) is 3.96. The van der Waals surface area contributed by atoms with Gasteiger partial charge in [0.05, 0.1) is 6.54 Å². The molecule has 104 valence electrons. The Balaban J connectivity index is 2.03. The van der Waals surface area contributed by atoms with Crippen molar-refractivity contribution in [1.29, 1.82) is 0 Å². The summed E-state index contributed by atoms with van der Waals surface area (Å²) >= 11 is 0. The lowest BCUT2D eigenvalue weighted by Crippen LogP contribution is -2.27. The number of aliphatic hydroxyl groups excluding tert-OH is 1. The van der Waals surface area contributed by atoms with Crippen LogP contribution in [0.1, 0.15) is 11.5 Å². The fraction of sp³-hybridized carbons (Fsp3) is 0.364. The minimum atomic E-state index is -3.63. The summed E-state index contributed by atoms with van der Waals surface area (Å²) < 4.78 is 33.3. The van der Waals surface area contributed by atoms with E-state index in [-0.39, 0.29) is 29.6 Å². The SMILES string of the molecule is Cc1oc(CO)cc1S(=O)(=O)NCCn1cccn1. The molecule has 0 radical (unpaired) electrons. The van der Waals surface area contributed by atoms with Crippen molar-refractivity contribution in [3.63, 3.8) is 0 Å². The topological polar surface area (TPSA) is 97.4 Å². The molecule has 0 atom stereocenters. The van der Waals surface area contributed by atoms with E-state index in [0.717, 1.165) is 0 Å². The van der Waals surface area contributed by atoms with Crippen LogP contribution in [0.5, 0.6) is 0 Å². The summed E-state index contributed by atoms with van der Waals surface area (Å²) in [5.41, 5.74) is 0. The van der Waals surface area contributed by atoms with Gasteiger partial charge in [-0.05, 0) is 13.0 Å². The maximum atomic E-state index is 12.0. The van der Waals surface area contributed by atoms with Crippen LogP contribution >= 0.6 is 0 Å². The summed E-state index contributed by atoms with van der Waals surface area (Å²) in [4.78, 5) is 0.0528. The van der Waals surface area contributed by atoms with Crippen molar-refractivity contribution in [1.82, 2.24) is 14.5 Å². The number of rotatable bonds is 6. The largest absolute Gasteiger partial charge is 0.462 e. The molecule has 0 aliphatic heterocycles. The van der Waals surface area contributed by atoms with Crippen LogP contribution in [0, 0.1) is 6.92 Å². The highest BCUT2D eigenvalue weighted by Gasteiger charge is 2.20. The zero-order valence-electron chi connectivity index (χ0n) is 10.4. The minimum absolute atomic E-state index is 0.0528. The fourth-order valence-corrected chi connectivity index (χ4v) is 2.90. The van der Waals surface area contributed by atoms with E-state index in [1.807, 2.05) is 0 Å². The summed E-state index contributed by atoms with van der Waals surface area (Å²) in [5.74, 6) is 0.487. The van der Waals surface area contributed by atoms with E-state index in [1.54, 1.807) is 30.1 Å². The lowest BCUT2D eigenvalue weighted by molar-refractivity contribution is 0.244. The minimum Gasteiger partial charge on any atom is -0.462 e. The van der Waals surface area contributed by atoms with Gasteiger partial charge in [-0.3, -0.25) is 4.68 Å². The van der Waals surface area contributed by atoms with Crippen molar-refractivity contribution in [3.05, 3.63) is 36.0 Å². The molecule has 0 saturated heterocycles. The Morgan fingerprint density at radius 2 is 2.32 bits per heavy atom. The number of aryl methyl sites for hydroxylation is 1. The molecule has 2 aromatic rings. The van der Waals surface area contributed by atoms with Gasteiger partial charge in [0.25, 0.3) is 0 Å². The first-order valence-corrected chi connectivity index (χ1v) is 7.18. The van der Waals surface area contributed by atoms with Crippen molar-refractivity contribution < 1.29 is 17.9 Å². The van der Waals surface area contributed by atoms with Gasteiger partial charge < -0.3 is 9.52 Å². The third kappa shape index (κ3) is 3.22. The number of hydrogen-bond acceptors (Lipinski definition) is 5. The zero-order valence-corrected chi connectivity index (χ0v) is 11.2. The Hall–Kier alpha value is -1.64. The lowest BCUT2D eigenvalue weighted by Gasteiger charge is -2.05. The van der Waals surface area contributed by atoms with Gasteiger partial charge in [-0.2, -0.15) is 5.10 Å². The maximum Gasteiger partial charge on any atom is 0.244 e. The number of aliphatic hydroxyl groups is 1. The predicted octanol–water partition coefficient (Wildman–Crippen LogP) is 0.255. The van der Waals surface area contributed by atoms with Crippen LogP contribution in [0.2, 0.25) is 0 Å². The molecule has 2 rings (SSSR count). The van der Waals surface area contributed by atoms with Crippen LogP contribution in [-0.4, -0.2) is 29.8 Å². The molecular weight excluding hydrogens is 270 g/mol. The van der Waals surface area contributed by atoms with Crippen molar-refractivity contribution in [2.24, 2.45) is 0 Å². The standard InChI is InChI=1S/C11H15N3O4S/c1-9-11(7-10(8-15)18-9)19(16,17)13-4-6-14-5-2-3-12-14/h2-3,5,7,13,15H,4,6,8H2,1H3. The summed E-state index contributed by atoms with van der Waals surface area (Å²) in [6.45, 7) is 1.88. The number of sulfonamides is 1. The lowest BCUT2D eigenvalue weighted by atomic mass is 10.4. The monoisotopic (exact) mass is 285 g/mol. The van der Waals surface area contributed by atoms with E-state index in [9.17, 15) is 8.42 Å². The van der Waals surface area contributed by atoms with Gasteiger partial charge in [0.15, 0.2) is 0 Å². The summed E-state index contributed by atoms with van der Waals surface area (Å²) in [6.07, 6.45) is 3.38. The Labute approximate surface area is 110 Å². The van der Waals surface area contributed by atoms with Gasteiger partial charge in [0.2, 0.25) is 10.0 Å². The third-order valence-corrected chi connectivity index (χ3v) is 4.13. The van der Waals surface area contributed by atoms with Crippen LogP contribution < -0.4 is 4.72 Å². The van der Waals surface area contributed by atoms with Crippen molar-refractivity contribution in [2.75, 3.05) is 6.54 Å². The van der Waals surface area contributed by atoms with E-state index in [4.69, 9.17) is 9.52 Å². The van der Waals surface area contributed by atoms with Gasteiger partial charge in [0.1, 0.15) is 23.0 Å². The molecule has 19 heavy (non-hydrogen) atoms. The average Bonchev–Trinajstić information content (AvgIpc) is 2.98.